The van der Waals surface area contributed by atoms with Gasteiger partial charge in [-0.1, -0.05) is 6.07 Å². The second-order valence-electron chi connectivity index (χ2n) is 4.10. The summed E-state index contributed by atoms with van der Waals surface area (Å²) in [5.41, 5.74) is 5.94. The maximum absolute atomic E-state index is 13.4. The van der Waals surface area contributed by atoms with Crippen molar-refractivity contribution in [2.75, 3.05) is 5.73 Å². The van der Waals surface area contributed by atoms with Crippen LogP contribution in [0.25, 0.3) is 0 Å². The van der Waals surface area contributed by atoms with Crippen LogP contribution in [0.2, 0.25) is 0 Å². The van der Waals surface area contributed by atoms with Crippen molar-refractivity contribution in [3.8, 4) is 0 Å². The Hall–Kier alpha value is -2.28. The fourth-order valence-corrected chi connectivity index (χ4v) is 2.73. The molecule has 20 heavy (non-hydrogen) atoms. The van der Waals surface area contributed by atoms with Crippen LogP contribution in [0.15, 0.2) is 47.4 Å². The molecule has 0 aliphatic heterocycles. The first-order chi connectivity index (χ1) is 9.47. The van der Waals surface area contributed by atoms with E-state index in [-0.39, 0.29) is 5.75 Å². The second-order valence-corrected chi connectivity index (χ2v) is 5.55. The number of nitro benzene ring substituents is 1. The van der Waals surface area contributed by atoms with Gasteiger partial charge in [0.1, 0.15) is 0 Å². The molecule has 0 aliphatic rings. The van der Waals surface area contributed by atoms with E-state index in [9.17, 15) is 18.7 Å². The lowest BCUT2D eigenvalue weighted by Crippen LogP contribution is -1.99. The Bertz CT molecular complexity index is 674. The number of nitro groups is 1. The van der Waals surface area contributed by atoms with E-state index in [4.69, 9.17) is 5.73 Å². The van der Waals surface area contributed by atoms with Crippen molar-refractivity contribution >= 4 is 22.2 Å². The van der Waals surface area contributed by atoms with E-state index < -0.39 is 27.2 Å². The molecule has 0 aliphatic carbocycles. The highest BCUT2D eigenvalue weighted by atomic mass is 32.2. The van der Waals surface area contributed by atoms with Gasteiger partial charge in [0.2, 0.25) is 5.82 Å². The number of hydrogen-bond donors (Lipinski definition) is 1. The number of halogens is 1. The molecule has 0 bridgehead atoms. The molecule has 1 atom stereocenters. The SMILES string of the molecule is Nc1ccc(S(=O)Cc2ccc([N+](=O)[O-])c(F)c2)cc1. The van der Waals surface area contributed by atoms with Crippen LogP contribution >= 0.6 is 0 Å². The molecule has 5 nitrogen and oxygen atoms in total. The first-order valence-electron chi connectivity index (χ1n) is 5.64. The van der Waals surface area contributed by atoms with E-state index in [2.05, 4.69) is 0 Å². The first kappa shape index (κ1) is 14.1. The standard InChI is InChI=1S/C13H11FN2O3S/c14-12-7-9(1-6-13(12)16(17)18)8-20(19)11-4-2-10(15)3-5-11/h1-7H,8,15H2. The van der Waals surface area contributed by atoms with E-state index in [0.29, 0.717) is 16.1 Å². The quantitative estimate of drug-likeness (QED) is 0.533. The predicted octanol–water partition coefficient (Wildman–Crippen LogP) is 2.62. The summed E-state index contributed by atoms with van der Waals surface area (Å²) in [5.74, 6) is -0.847. The van der Waals surface area contributed by atoms with Crippen LogP contribution in [0.4, 0.5) is 15.8 Å². The molecule has 0 aromatic heterocycles. The number of anilines is 1. The summed E-state index contributed by atoms with van der Waals surface area (Å²) in [7, 11) is -1.36. The minimum absolute atomic E-state index is 0.0822. The van der Waals surface area contributed by atoms with Gasteiger partial charge in [0.25, 0.3) is 0 Å². The van der Waals surface area contributed by atoms with Gasteiger partial charge in [-0.25, -0.2) is 0 Å². The highest BCUT2D eigenvalue weighted by Crippen LogP contribution is 2.20. The van der Waals surface area contributed by atoms with Crippen molar-refractivity contribution < 1.29 is 13.5 Å². The van der Waals surface area contributed by atoms with Gasteiger partial charge >= 0.3 is 5.69 Å². The monoisotopic (exact) mass is 294 g/mol. The maximum Gasteiger partial charge on any atom is 0.304 e. The Balaban J connectivity index is 2.18. The topological polar surface area (TPSA) is 86.2 Å². The average Bonchev–Trinajstić information content (AvgIpc) is 2.39. The van der Waals surface area contributed by atoms with Crippen molar-refractivity contribution in [3.63, 3.8) is 0 Å². The maximum atomic E-state index is 13.4. The molecule has 0 heterocycles. The van der Waals surface area contributed by atoms with Crippen molar-refractivity contribution in [1.82, 2.24) is 0 Å². The van der Waals surface area contributed by atoms with Crippen molar-refractivity contribution in [3.05, 3.63) is 64.0 Å². The molecular weight excluding hydrogens is 283 g/mol. The van der Waals surface area contributed by atoms with Gasteiger partial charge in [-0.15, -0.1) is 0 Å². The fourth-order valence-electron chi connectivity index (χ4n) is 1.64. The molecule has 7 heteroatoms. The molecule has 2 aromatic carbocycles. The lowest BCUT2D eigenvalue weighted by Gasteiger charge is -2.04. The third-order valence-electron chi connectivity index (χ3n) is 2.65. The van der Waals surface area contributed by atoms with Crippen LogP contribution in [0, 0.1) is 15.9 Å². The summed E-state index contributed by atoms with van der Waals surface area (Å²) >= 11 is 0. The predicted molar refractivity (Wildman–Crippen MR) is 74.0 cm³/mol. The van der Waals surface area contributed by atoms with Crippen LogP contribution in [-0.4, -0.2) is 9.13 Å². The normalized spacial score (nSPS) is 12.1. The molecule has 1 unspecified atom stereocenters. The van der Waals surface area contributed by atoms with Crippen molar-refractivity contribution in [2.45, 2.75) is 10.6 Å². The highest BCUT2D eigenvalue weighted by molar-refractivity contribution is 7.84. The lowest BCUT2D eigenvalue weighted by molar-refractivity contribution is -0.387. The van der Waals surface area contributed by atoms with Gasteiger partial charge in [0.05, 0.1) is 21.5 Å². The average molecular weight is 294 g/mol. The molecule has 0 spiro atoms. The van der Waals surface area contributed by atoms with Crippen molar-refractivity contribution in [1.29, 1.82) is 0 Å². The number of benzene rings is 2. The van der Waals surface area contributed by atoms with Gasteiger partial charge in [-0.3, -0.25) is 14.3 Å². The summed E-state index contributed by atoms with van der Waals surface area (Å²) < 4.78 is 25.5. The van der Waals surface area contributed by atoms with Crippen LogP contribution in [0.1, 0.15) is 5.56 Å². The number of nitrogen functional groups attached to an aromatic ring is 1. The Morgan fingerprint density at radius 3 is 2.40 bits per heavy atom. The number of hydrogen-bond acceptors (Lipinski definition) is 4. The first-order valence-corrected chi connectivity index (χ1v) is 6.96. The third kappa shape index (κ3) is 3.18. The minimum Gasteiger partial charge on any atom is -0.399 e. The fraction of sp³-hybridized carbons (Fsp3) is 0.0769. The van der Waals surface area contributed by atoms with Crippen LogP contribution in [0.3, 0.4) is 0 Å². The molecule has 0 saturated carbocycles. The van der Waals surface area contributed by atoms with E-state index in [1.54, 1.807) is 24.3 Å². The molecule has 104 valence electrons. The summed E-state index contributed by atoms with van der Waals surface area (Å²) in [6, 6.07) is 10.0. The lowest BCUT2D eigenvalue weighted by atomic mass is 10.2. The summed E-state index contributed by atoms with van der Waals surface area (Å²) in [4.78, 5) is 10.3. The van der Waals surface area contributed by atoms with E-state index >= 15 is 0 Å². The summed E-state index contributed by atoms with van der Waals surface area (Å²) in [6.45, 7) is 0. The molecule has 2 N–H and O–H groups in total. The van der Waals surface area contributed by atoms with E-state index in [1.807, 2.05) is 0 Å². The Kier molecular flexibility index (Phi) is 4.09. The van der Waals surface area contributed by atoms with Crippen LogP contribution < -0.4 is 5.73 Å². The third-order valence-corrected chi connectivity index (χ3v) is 4.04. The van der Waals surface area contributed by atoms with Gasteiger partial charge in [-0.2, -0.15) is 4.39 Å². The minimum atomic E-state index is -1.36. The zero-order valence-corrected chi connectivity index (χ0v) is 11.1. The van der Waals surface area contributed by atoms with E-state index in [0.717, 1.165) is 12.1 Å². The van der Waals surface area contributed by atoms with E-state index in [1.165, 1.54) is 6.07 Å². The zero-order chi connectivity index (χ0) is 14.7. The zero-order valence-electron chi connectivity index (χ0n) is 10.3. The molecule has 0 radical (unpaired) electrons. The number of nitrogens with zero attached hydrogens (tertiary/aromatic N) is 1. The molecular formula is C13H11FN2O3S. The van der Waals surface area contributed by atoms with Gasteiger partial charge in [0, 0.05) is 16.6 Å². The Morgan fingerprint density at radius 2 is 1.85 bits per heavy atom. The summed E-state index contributed by atoms with van der Waals surface area (Å²) in [6.07, 6.45) is 0. The number of nitrogens with two attached hydrogens (primary N) is 1. The Morgan fingerprint density at radius 1 is 1.20 bits per heavy atom. The molecule has 2 aromatic rings. The van der Waals surface area contributed by atoms with Crippen molar-refractivity contribution in [2.24, 2.45) is 0 Å². The highest BCUT2D eigenvalue weighted by Gasteiger charge is 2.15. The number of rotatable bonds is 4. The molecule has 0 fully saturated rings. The van der Waals surface area contributed by atoms with Gasteiger partial charge < -0.3 is 5.73 Å². The second kappa shape index (κ2) is 5.79. The van der Waals surface area contributed by atoms with Crippen LogP contribution in [-0.2, 0) is 16.6 Å². The smallest absolute Gasteiger partial charge is 0.304 e. The largest absolute Gasteiger partial charge is 0.399 e. The Labute approximate surface area is 116 Å². The summed E-state index contributed by atoms with van der Waals surface area (Å²) in [5, 5.41) is 10.5. The molecule has 0 saturated heterocycles. The molecule has 2 rings (SSSR count). The van der Waals surface area contributed by atoms with Crippen LogP contribution in [0.5, 0.6) is 0 Å². The molecule has 0 amide bonds. The van der Waals surface area contributed by atoms with Gasteiger partial charge in [-0.05, 0) is 35.9 Å². The van der Waals surface area contributed by atoms with Gasteiger partial charge in [0.15, 0.2) is 0 Å².